The van der Waals surface area contributed by atoms with Gasteiger partial charge < -0.3 is 10.1 Å². The highest BCUT2D eigenvalue weighted by Gasteiger charge is 2.18. The second kappa shape index (κ2) is 4.01. The number of aryl methyl sites for hydroxylation is 1. The van der Waals surface area contributed by atoms with Gasteiger partial charge in [0, 0.05) is 10.7 Å². The number of hydrogen-bond donors (Lipinski definition) is 1. The summed E-state index contributed by atoms with van der Waals surface area (Å²) in [7, 11) is 0. The van der Waals surface area contributed by atoms with Crippen molar-refractivity contribution in [3.8, 4) is 11.5 Å². The Balaban J connectivity index is 2.49. The zero-order valence-electron chi connectivity index (χ0n) is 8.27. The summed E-state index contributed by atoms with van der Waals surface area (Å²) in [6, 6.07) is 3.51. The molecule has 0 unspecified atom stereocenters. The van der Waals surface area contributed by atoms with Gasteiger partial charge in [-0.05, 0) is 24.0 Å². The average molecular weight is 283 g/mol. The third kappa shape index (κ3) is 1.94. The molecular weight excluding hydrogens is 276 g/mol. The first kappa shape index (κ1) is 10.7. The molecular formula is C9H7BrN4O2. The largest absolute Gasteiger partial charge is 0.358 e. The molecule has 0 spiro atoms. The van der Waals surface area contributed by atoms with Gasteiger partial charge in [0.15, 0.2) is 0 Å². The van der Waals surface area contributed by atoms with E-state index in [1.165, 1.54) is 0 Å². The number of hydrogen-bond acceptors (Lipinski definition) is 4. The van der Waals surface area contributed by atoms with E-state index in [-0.39, 0.29) is 5.82 Å². The highest BCUT2D eigenvalue weighted by molar-refractivity contribution is 9.10. The van der Waals surface area contributed by atoms with Crippen molar-refractivity contribution >= 4 is 21.7 Å². The van der Waals surface area contributed by atoms with Crippen LogP contribution in [0.5, 0.6) is 0 Å². The van der Waals surface area contributed by atoms with E-state index in [0.29, 0.717) is 17.2 Å². The van der Waals surface area contributed by atoms with Crippen LogP contribution in [-0.4, -0.2) is 19.9 Å². The van der Waals surface area contributed by atoms with Crippen LogP contribution in [-0.2, 0) is 0 Å². The van der Waals surface area contributed by atoms with Crippen molar-refractivity contribution in [3.05, 3.63) is 38.6 Å². The fourth-order valence-corrected chi connectivity index (χ4v) is 1.62. The summed E-state index contributed by atoms with van der Waals surface area (Å²) in [6.07, 6.45) is 1.60. The standard InChI is InChI=1S/C9H7BrN4O2/c1-5-9(14(15)16)13-8(12-5)7-4-6(10)2-3-11-7/h2-4H,1H3,(H,12,13). The predicted molar refractivity (Wildman–Crippen MR) is 60.9 cm³/mol. The zero-order valence-corrected chi connectivity index (χ0v) is 9.85. The van der Waals surface area contributed by atoms with Crippen LogP contribution in [0.3, 0.4) is 0 Å². The summed E-state index contributed by atoms with van der Waals surface area (Å²) < 4.78 is 0.842. The fraction of sp³-hybridized carbons (Fsp3) is 0.111. The van der Waals surface area contributed by atoms with Crippen LogP contribution >= 0.6 is 15.9 Å². The van der Waals surface area contributed by atoms with Crippen molar-refractivity contribution in [1.29, 1.82) is 0 Å². The number of pyridine rings is 1. The molecule has 0 saturated carbocycles. The summed E-state index contributed by atoms with van der Waals surface area (Å²) in [5.74, 6) is 0.294. The molecule has 2 aromatic rings. The minimum absolute atomic E-state index is 0.100. The van der Waals surface area contributed by atoms with Gasteiger partial charge in [-0.15, -0.1) is 0 Å². The normalized spacial score (nSPS) is 10.4. The van der Waals surface area contributed by atoms with Crippen LogP contribution in [0.2, 0.25) is 0 Å². The second-order valence-corrected chi connectivity index (χ2v) is 4.05. The molecule has 0 amide bonds. The first-order valence-corrected chi connectivity index (χ1v) is 5.20. The van der Waals surface area contributed by atoms with Crippen LogP contribution < -0.4 is 0 Å². The lowest BCUT2D eigenvalue weighted by Gasteiger charge is -1.93. The molecule has 16 heavy (non-hydrogen) atoms. The molecule has 6 nitrogen and oxygen atoms in total. The molecule has 0 bridgehead atoms. The number of rotatable bonds is 2. The van der Waals surface area contributed by atoms with Gasteiger partial charge in [-0.1, -0.05) is 15.9 Å². The summed E-state index contributed by atoms with van der Waals surface area (Å²) in [5, 5.41) is 10.6. The van der Waals surface area contributed by atoms with E-state index in [0.717, 1.165) is 4.47 Å². The lowest BCUT2D eigenvalue weighted by Crippen LogP contribution is -1.90. The van der Waals surface area contributed by atoms with E-state index in [4.69, 9.17) is 0 Å². The Hall–Kier alpha value is -1.76. The zero-order chi connectivity index (χ0) is 11.7. The van der Waals surface area contributed by atoms with Gasteiger partial charge in [-0.2, -0.15) is 0 Å². The summed E-state index contributed by atoms with van der Waals surface area (Å²) in [5.41, 5.74) is 0.910. The lowest BCUT2D eigenvalue weighted by atomic mass is 10.3. The molecule has 2 aromatic heterocycles. The number of nitrogens with zero attached hydrogens (tertiary/aromatic N) is 3. The van der Waals surface area contributed by atoms with Crippen molar-refractivity contribution in [2.45, 2.75) is 6.92 Å². The smallest absolute Gasteiger partial charge is 0.343 e. The maximum Gasteiger partial charge on any atom is 0.343 e. The average Bonchev–Trinajstić information content (AvgIpc) is 2.60. The Morgan fingerprint density at radius 2 is 2.31 bits per heavy atom. The monoisotopic (exact) mass is 282 g/mol. The number of H-pyrrole nitrogens is 1. The van der Waals surface area contributed by atoms with E-state index in [2.05, 4.69) is 30.9 Å². The summed E-state index contributed by atoms with van der Waals surface area (Å²) >= 11 is 3.30. The molecule has 0 aliphatic heterocycles. The molecule has 0 atom stereocenters. The molecule has 82 valence electrons. The van der Waals surface area contributed by atoms with Crippen molar-refractivity contribution in [1.82, 2.24) is 15.0 Å². The van der Waals surface area contributed by atoms with Crippen molar-refractivity contribution in [2.75, 3.05) is 0 Å². The molecule has 0 radical (unpaired) electrons. The highest BCUT2D eigenvalue weighted by Crippen LogP contribution is 2.22. The van der Waals surface area contributed by atoms with Gasteiger partial charge in [0.25, 0.3) is 0 Å². The highest BCUT2D eigenvalue weighted by atomic mass is 79.9. The van der Waals surface area contributed by atoms with E-state index in [9.17, 15) is 10.1 Å². The van der Waals surface area contributed by atoms with Gasteiger partial charge in [0.2, 0.25) is 5.82 Å². The van der Waals surface area contributed by atoms with Crippen LogP contribution in [0.15, 0.2) is 22.8 Å². The second-order valence-electron chi connectivity index (χ2n) is 3.14. The number of nitro groups is 1. The number of imidazole rings is 1. The Morgan fingerprint density at radius 3 is 2.88 bits per heavy atom. The molecule has 2 rings (SSSR count). The molecule has 0 aromatic carbocycles. The Labute approximate surface area is 99.0 Å². The number of nitrogens with one attached hydrogen (secondary N) is 1. The van der Waals surface area contributed by atoms with Crippen molar-refractivity contribution < 1.29 is 4.92 Å². The molecule has 0 fully saturated rings. The van der Waals surface area contributed by atoms with Gasteiger partial charge in [0.1, 0.15) is 11.4 Å². The lowest BCUT2D eigenvalue weighted by molar-refractivity contribution is -0.389. The molecule has 7 heteroatoms. The third-order valence-corrected chi connectivity index (χ3v) is 2.50. The van der Waals surface area contributed by atoms with Gasteiger partial charge in [0.05, 0.1) is 0 Å². The first-order valence-electron chi connectivity index (χ1n) is 4.41. The van der Waals surface area contributed by atoms with Gasteiger partial charge in [-0.3, -0.25) is 4.98 Å². The molecule has 0 saturated heterocycles. The molecule has 0 aliphatic carbocycles. The van der Waals surface area contributed by atoms with E-state index in [1.54, 1.807) is 25.3 Å². The number of aromatic nitrogens is 3. The van der Waals surface area contributed by atoms with Crippen molar-refractivity contribution in [2.24, 2.45) is 0 Å². The van der Waals surface area contributed by atoms with Gasteiger partial charge >= 0.3 is 5.82 Å². The first-order chi connectivity index (χ1) is 7.58. The Bertz CT molecular complexity index is 552. The van der Waals surface area contributed by atoms with E-state index >= 15 is 0 Å². The fourth-order valence-electron chi connectivity index (χ4n) is 1.28. The van der Waals surface area contributed by atoms with Crippen LogP contribution in [0, 0.1) is 17.0 Å². The Kier molecular flexibility index (Phi) is 2.69. The SMILES string of the molecule is Cc1nc(-c2cc(Br)ccn2)[nH]c1[N+](=O)[O-]. The number of halogens is 1. The minimum Gasteiger partial charge on any atom is -0.358 e. The van der Waals surface area contributed by atoms with Crippen LogP contribution in [0.1, 0.15) is 5.69 Å². The van der Waals surface area contributed by atoms with Gasteiger partial charge in [-0.25, -0.2) is 9.97 Å². The van der Waals surface area contributed by atoms with Crippen LogP contribution in [0.25, 0.3) is 11.5 Å². The molecule has 1 N–H and O–H groups in total. The summed E-state index contributed by atoms with van der Waals surface area (Å²) in [4.78, 5) is 20.9. The van der Waals surface area contributed by atoms with E-state index in [1.807, 2.05) is 0 Å². The maximum atomic E-state index is 10.6. The van der Waals surface area contributed by atoms with Crippen molar-refractivity contribution in [3.63, 3.8) is 0 Å². The predicted octanol–water partition coefficient (Wildman–Crippen LogP) is 2.45. The minimum atomic E-state index is -0.496. The third-order valence-electron chi connectivity index (χ3n) is 2.01. The van der Waals surface area contributed by atoms with E-state index < -0.39 is 4.92 Å². The quantitative estimate of drug-likeness (QED) is 0.677. The molecule has 2 heterocycles. The number of aromatic amines is 1. The maximum absolute atomic E-state index is 10.6. The summed E-state index contributed by atoms with van der Waals surface area (Å²) in [6.45, 7) is 1.58. The Morgan fingerprint density at radius 1 is 1.56 bits per heavy atom. The van der Waals surface area contributed by atoms with Crippen LogP contribution in [0.4, 0.5) is 5.82 Å². The molecule has 0 aliphatic rings. The topological polar surface area (TPSA) is 84.7 Å².